The number of methoxy groups -OCH3 is 1. The van der Waals surface area contributed by atoms with Crippen molar-refractivity contribution in [2.45, 2.75) is 32.6 Å². The summed E-state index contributed by atoms with van der Waals surface area (Å²) in [6.07, 6.45) is 4.75. The SMILES string of the molecule is COC(=N)C1(C)CCCC1. The number of nitrogens with one attached hydrogen (secondary N) is 1. The van der Waals surface area contributed by atoms with Crippen molar-refractivity contribution in [3.8, 4) is 0 Å². The van der Waals surface area contributed by atoms with E-state index < -0.39 is 0 Å². The van der Waals surface area contributed by atoms with Crippen LogP contribution in [0.3, 0.4) is 0 Å². The van der Waals surface area contributed by atoms with Gasteiger partial charge in [-0.15, -0.1) is 0 Å². The maximum absolute atomic E-state index is 7.51. The van der Waals surface area contributed by atoms with Crippen molar-refractivity contribution < 1.29 is 4.74 Å². The van der Waals surface area contributed by atoms with Crippen molar-refractivity contribution in [2.24, 2.45) is 5.41 Å². The van der Waals surface area contributed by atoms with Crippen LogP contribution in [-0.4, -0.2) is 13.0 Å². The first-order chi connectivity index (χ1) is 4.69. The largest absolute Gasteiger partial charge is 0.484 e. The lowest BCUT2D eigenvalue weighted by molar-refractivity contribution is 0.308. The van der Waals surface area contributed by atoms with Crippen LogP contribution in [0.25, 0.3) is 0 Å². The van der Waals surface area contributed by atoms with Crippen molar-refractivity contribution in [3.05, 3.63) is 0 Å². The van der Waals surface area contributed by atoms with Crippen molar-refractivity contribution in [1.82, 2.24) is 0 Å². The molecule has 1 fully saturated rings. The second-order valence-electron chi connectivity index (χ2n) is 3.30. The van der Waals surface area contributed by atoms with Crippen molar-refractivity contribution >= 4 is 5.90 Å². The second kappa shape index (κ2) is 2.60. The summed E-state index contributed by atoms with van der Waals surface area (Å²) >= 11 is 0. The monoisotopic (exact) mass is 141 g/mol. The molecule has 0 aliphatic heterocycles. The second-order valence-corrected chi connectivity index (χ2v) is 3.30. The van der Waals surface area contributed by atoms with E-state index in [0.717, 1.165) is 12.8 Å². The van der Waals surface area contributed by atoms with Gasteiger partial charge in [-0.3, -0.25) is 5.41 Å². The Kier molecular flexibility index (Phi) is 1.97. The fourth-order valence-corrected chi connectivity index (χ4v) is 1.63. The van der Waals surface area contributed by atoms with Gasteiger partial charge in [0.2, 0.25) is 0 Å². The predicted octanol–water partition coefficient (Wildman–Crippen LogP) is 2.19. The number of rotatable bonds is 1. The van der Waals surface area contributed by atoms with Gasteiger partial charge in [0.05, 0.1) is 7.11 Å². The molecule has 0 heterocycles. The van der Waals surface area contributed by atoms with Crippen LogP contribution in [0.4, 0.5) is 0 Å². The summed E-state index contributed by atoms with van der Waals surface area (Å²) in [7, 11) is 1.59. The van der Waals surface area contributed by atoms with Gasteiger partial charge in [0, 0.05) is 5.41 Å². The Morgan fingerprint density at radius 2 is 1.90 bits per heavy atom. The first-order valence-corrected chi connectivity index (χ1v) is 3.82. The predicted molar refractivity (Wildman–Crippen MR) is 41.3 cm³/mol. The highest BCUT2D eigenvalue weighted by molar-refractivity contribution is 5.79. The smallest absolute Gasteiger partial charge is 0.186 e. The number of ether oxygens (including phenoxy) is 1. The molecule has 10 heavy (non-hydrogen) atoms. The Morgan fingerprint density at radius 3 is 2.30 bits per heavy atom. The molecule has 0 atom stereocenters. The molecule has 0 radical (unpaired) electrons. The zero-order valence-electron chi connectivity index (χ0n) is 6.74. The molecule has 1 aliphatic rings. The Bertz CT molecular complexity index is 136. The van der Waals surface area contributed by atoms with Gasteiger partial charge in [-0.05, 0) is 12.8 Å². The molecule has 0 unspecified atom stereocenters. The Morgan fingerprint density at radius 1 is 1.40 bits per heavy atom. The fraction of sp³-hybridized carbons (Fsp3) is 0.875. The molecule has 1 aliphatic carbocycles. The van der Waals surface area contributed by atoms with Crippen molar-refractivity contribution in [3.63, 3.8) is 0 Å². The van der Waals surface area contributed by atoms with E-state index in [1.54, 1.807) is 7.11 Å². The summed E-state index contributed by atoms with van der Waals surface area (Å²) in [5.41, 5.74) is 0.0642. The van der Waals surface area contributed by atoms with E-state index in [1.807, 2.05) is 0 Å². The Labute approximate surface area is 62.1 Å². The van der Waals surface area contributed by atoms with Gasteiger partial charge < -0.3 is 4.74 Å². The summed E-state index contributed by atoms with van der Waals surface area (Å²) in [6.45, 7) is 2.12. The summed E-state index contributed by atoms with van der Waals surface area (Å²) in [5.74, 6) is 0.463. The van der Waals surface area contributed by atoms with Crippen LogP contribution in [-0.2, 0) is 4.74 Å². The lowest BCUT2D eigenvalue weighted by atomic mass is 9.89. The molecular weight excluding hydrogens is 126 g/mol. The van der Waals surface area contributed by atoms with Crippen LogP contribution in [0.15, 0.2) is 0 Å². The van der Waals surface area contributed by atoms with E-state index in [-0.39, 0.29) is 5.41 Å². The molecule has 0 bridgehead atoms. The van der Waals surface area contributed by atoms with Gasteiger partial charge in [0.25, 0.3) is 0 Å². The lowest BCUT2D eigenvalue weighted by Crippen LogP contribution is -2.24. The lowest BCUT2D eigenvalue weighted by Gasteiger charge is -2.22. The van der Waals surface area contributed by atoms with Gasteiger partial charge in [0.1, 0.15) is 0 Å². The molecule has 1 rings (SSSR count). The highest BCUT2D eigenvalue weighted by atomic mass is 16.5. The Hall–Kier alpha value is -0.530. The molecule has 1 N–H and O–H groups in total. The first-order valence-electron chi connectivity index (χ1n) is 3.82. The molecule has 2 heteroatoms. The summed E-state index contributed by atoms with van der Waals surface area (Å²) in [6, 6.07) is 0. The van der Waals surface area contributed by atoms with Crippen LogP contribution in [0.1, 0.15) is 32.6 Å². The maximum atomic E-state index is 7.51. The van der Waals surface area contributed by atoms with Gasteiger partial charge in [-0.1, -0.05) is 19.8 Å². The van der Waals surface area contributed by atoms with E-state index in [1.165, 1.54) is 12.8 Å². The molecule has 0 aromatic heterocycles. The van der Waals surface area contributed by atoms with Crippen LogP contribution < -0.4 is 0 Å². The van der Waals surface area contributed by atoms with E-state index >= 15 is 0 Å². The van der Waals surface area contributed by atoms with Gasteiger partial charge in [-0.25, -0.2) is 0 Å². The van der Waals surface area contributed by atoms with Gasteiger partial charge >= 0.3 is 0 Å². The molecule has 0 aromatic rings. The van der Waals surface area contributed by atoms with Gasteiger partial charge in [0.15, 0.2) is 5.90 Å². The quantitative estimate of drug-likeness (QED) is 0.440. The molecule has 1 saturated carbocycles. The minimum Gasteiger partial charge on any atom is -0.484 e. The maximum Gasteiger partial charge on any atom is 0.186 e. The molecule has 0 amide bonds. The molecular formula is C8H15NO. The standard InChI is InChI=1S/C8H15NO/c1-8(7(9)10-2)5-3-4-6-8/h9H,3-6H2,1-2H3. The highest BCUT2D eigenvalue weighted by Gasteiger charge is 2.34. The van der Waals surface area contributed by atoms with E-state index in [9.17, 15) is 0 Å². The van der Waals surface area contributed by atoms with E-state index in [0.29, 0.717) is 5.90 Å². The molecule has 0 spiro atoms. The number of hydrogen-bond donors (Lipinski definition) is 1. The minimum atomic E-state index is 0.0642. The highest BCUT2D eigenvalue weighted by Crippen LogP contribution is 2.38. The third kappa shape index (κ3) is 1.15. The average molecular weight is 141 g/mol. The topological polar surface area (TPSA) is 33.1 Å². The third-order valence-electron chi connectivity index (χ3n) is 2.46. The van der Waals surface area contributed by atoms with Crippen LogP contribution in [0.2, 0.25) is 0 Å². The fourth-order valence-electron chi connectivity index (χ4n) is 1.63. The third-order valence-corrected chi connectivity index (χ3v) is 2.46. The van der Waals surface area contributed by atoms with Crippen LogP contribution >= 0.6 is 0 Å². The van der Waals surface area contributed by atoms with Gasteiger partial charge in [-0.2, -0.15) is 0 Å². The normalized spacial score (nSPS) is 22.6. The average Bonchev–Trinajstić information content (AvgIpc) is 2.36. The molecule has 58 valence electrons. The minimum absolute atomic E-state index is 0.0642. The van der Waals surface area contributed by atoms with Crippen LogP contribution in [0, 0.1) is 10.8 Å². The summed E-state index contributed by atoms with van der Waals surface area (Å²) in [5, 5.41) is 7.51. The Balaban J connectivity index is 2.58. The molecule has 0 aromatic carbocycles. The molecule has 0 saturated heterocycles. The summed E-state index contributed by atoms with van der Waals surface area (Å²) < 4.78 is 4.92. The number of hydrogen-bond acceptors (Lipinski definition) is 2. The zero-order valence-corrected chi connectivity index (χ0v) is 6.74. The van der Waals surface area contributed by atoms with E-state index in [2.05, 4.69) is 6.92 Å². The zero-order chi connectivity index (χ0) is 7.61. The van der Waals surface area contributed by atoms with Crippen molar-refractivity contribution in [1.29, 1.82) is 5.41 Å². The van der Waals surface area contributed by atoms with Crippen LogP contribution in [0.5, 0.6) is 0 Å². The van der Waals surface area contributed by atoms with E-state index in [4.69, 9.17) is 10.1 Å². The summed E-state index contributed by atoms with van der Waals surface area (Å²) in [4.78, 5) is 0. The van der Waals surface area contributed by atoms with Crippen molar-refractivity contribution in [2.75, 3.05) is 7.11 Å². The first kappa shape index (κ1) is 7.58. The molecule has 2 nitrogen and oxygen atoms in total.